The summed E-state index contributed by atoms with van der Waals surface area (Å²) in [5, 5.41) is 0. The lowest BCUT2D eigenvalue weighted by molar-refractivity contribution is 0.204. The Balaban J connectivity index is 1.79. The van der Waals surface area contributed by atoms with Gasteiger partial charge in [0, 0.05) is 18.7 Å². The lowest BCUT2D eigenvalue weighted by Gasteiger charge is -2.16. The van der Waals surface area contributed by atoms with Crippen LogP contribution in [-0.4, -0.2) is 13.2 Å². The number of methoxy groups -OCH3 is 1. The van der Waals surface area contributed by atoms with Crippen molar-refractivity contribution in [2.24, 2.45) is 0 Å². The molecule has 0 saturated heterocycles. The van der Waals surface area contributed by atoms with Crippen molar-refractivity contribution in [1.82, 2.24) is 0 Å². The molecule has 0 saturated carbocycles. The van der Waals surface area contributed by atoms with Gasteiger partial charge in [-0.1, -0.05) is 30.3 Å². The second-order valence-corrected chi connectivity index (χ2v) is 5.30. The van der Waals surface area contributed by atoms with Gasteiger partial charge in [-0.2, -0.15) is 0 Å². The Labute approximate surface area is 124 Å². The number of benzene rings is 2. The van der Waals surface area contributed by atoms with Crippen LogP contribution in [0.3, 0.4) is 0 Å². The SMILES string of the molecule is COc1ccc(CCl)cc1OC1Cc2ccccc2C1. The Kier molecular flexibility index (Phi) is 3.83. The van der Waals surface area contributed by atoms with Crippen molar-refractivity contribution in [3.8, 4) is 11.5 Å². The molecule has 0 unspecified atom stereocenters. The fraction of sp³-hybridized carbons (Fsp3) is 0.294. The first-order valence-electron chi connectivity index (χ1n) is 6.76. The summed E-state index contributed by atoms with van der Waals surface area (Å²) in [6, 6.07) is 14.3. The summed E-state index contributed by atoms with van der Waals surface area (Å²) in [4.78, 5) is 0. The third-order valence-corrected chi connectivity index (χ3v) is 4.00. The van der Waals surface area contributed by atoms with Gasteiger partial charge >= 0.3 is 0 Å². The molecular weight excluding hydrogens is 272 g/mol. The van der Waals surface area contributed by atoms with E-state index in [0.29, 0.717) is 5.88 Å². The Morgan fingerprint density at radius 1 is 1.05 bits per heavy atom. The zero-order chi connectivity index (χ0) is 13.9. The van der Waals surface area contributed by atoms with E-state index < -0.39 is 0 Å². The van der Waals surface area contributed by atoms with Gasteiger partial charge in [-0.25, -0.2) is 0 Å². The van der Waals surface area contributed by atoms with Gasteiger partial charge in [0.25, 0.3) is 0 Å². The fourth-order valence-corrected chi connectivity index (χ4v) is 2.84. The van der Waals surface area contributed by atoms with Crippen LogP contribution in [0.2, 0.25) is 0 Å². The van der Waals surface area contributed by atoms with Gasteiger partial charge in [-0.15, -0.1) is 11.6 Å². The van der Waals surface area contributed by atoms with Crippen molar-refractivity contribution in [3.63, 3.8) is 0 Å². The summed E-state index contributed by atoms with van der Waals surface area (Å²) in [6.45, 7) is 0. The molecule has 0 N–H and O–H groups in total. The first kappa shape index (κ1) is 13.3. The van der Waals surface area contributed by atoms with E-state index in [4.69, 9.17) is 21.1 Å². The smallest absolute Gasteiger partial charge is 0.161 e. The van der Waals surface area contributed by atoms with Crippen LogP contribution >= 0.6 is 11.6 Å². The molecule has 2 nitrogen and oxygen atoms in total. The molecule has 0 spiro atoms. The topological polar surface area (TPSA) is 18.5 Å². The van der Waals surface area contributed by atoms with Gasteiger partial charge < -0.3 is 9.47 Å². The summed E-state index contributed by atoms with van der Waals surface area (Å²) in [7, 11) is 1.66. The van der Waals surface area contributed by atoms with Gasteiger partial charge in [0.1, 0.15) is 6.10 Å². The molecule has 0 aliphatic heterocycles. The standard InChI is InChI=1S/C17H17ClO2/c1-19-16-7-6-12(11-18)8-17(16)20-15-9-13-4-2-3-5-14(13)10-15/h2-8,15H,9-11H2,1H3. The summed E-state index contributed by atoms with van der Waals surface area (Å²) in [6.07, 6.45) is 2.07. The number of hydrogen-bond donors (Lipinski definition) is 0. The Morgan fingerprint density at radius 2 is 1.75 bits per heavy atom. The van der Waals surface area contributed by atoms with Gasteiger partial charge in [0.05, 0.1) is 7.11 Å². The van der Waals surface area contributed by atoms with E-state index >= 15 is 0 Å². The summed E-state index contributed by atoms with van der Waals surface area (Å²) in [5.41, 5.74) is 3.80. The van der Waals surface area contributed by atoms with E-state index in [0.717, 1.165) is 29.9 Å². The van der Waals surface area contributed by atoms with Crippen molar-refractivity contribution < 1.29 is 9.47 Å². The number of alkyl halides is 1. The summed E-state index contributed by atoms with van der Waals surface area (Å²) < 4.78 is 11.5. The number of rotatable bonds is 4. The molecule has 0 amide bonds. The van der Waals surface area contributed by atoms with E-state index in [9.17, 15) is 0 Å². The van der Waals surface area contributed by atoms with Crippen molar-refractivity contribution in [3.05, 3.63) is 59.2 Å². The van der Waals surface area contributed by atoms with Crippen molar-refractivity contribution in [2.75, 3.05) is 7.11 Å². The molecule has 3 rings (SSSR count). The fourth-order valence-electron chi connectivity index (χ4n) is 2.68. The van der Waals surface area contributed by atoms with Crippen LogP contribution in [0.4, 0.5) is 0 Å². The van der Waals surface area contributed by atoms with Crippen molar-refractivity contribution in [2.45, 2.75) is 24.8 Å². The molecule has 0 heterocycles. The van der Waals surface area contributed by atoms with Gasteiger partial charge in [0.15, 0.2) is 11.5 Å². The third-order valence-electron chi connectivity index (χ3n) is 3.69. The second-order valence-electron chi connectivity index (χ2n) is 5.04. The highest BCUT2D eigenvalue weighted by atomic mass is 35.5. The average molecular weight is 289 g/mol. The third kappa shape index (κ3) is 2.61. The maximum atomic E-state index is 6.14. The number of fused-ring (bicyclic) bond motifs is 1. The number of halogens is 1. The maximum absolute atomic E-state index is 6.14. The summed E-state index contributed by atoms with van der Waals surface area (Å²) >= 11 is 5.89. The van der Waals surface area contributed by atoms with Crippen molar-refractivity contribution in [1.29, 1.82) is 0 Å². The second kappa shape index (κ2) is 5.76. The van der Waals surface area contributed by atoms with Gasteiger partial charge in [-0.3, -0.25) is 0 Å². The Hall–Kier alpha value is -1.67. The molecule has 20 heavy (non-hydrogen) atoms. The lowest BCUT2D eigenvalue weighted by Crippen LogP contribution is -2.16. The van der Waals surface area contributed by atoms with Crippen LogP contribution in [0, 0.1) is 0 Å². The largest absolute Gasteiger partial charge is 0.493 e. The first-order valence-corrected chi connectivity index (χ1v) is 7.30. The molecule has 0 radical (unpaired) electrons. The molecular formula is C17H17ClO2. The predicted molar refractivity (Wildman–Crippen MR) is 80.8 cm³/mol. The Bertz CT molecular complexity index is 585. The highest BCUT2D eigenvalue weighted by molar-refractivity contribution is 6.17. The van der Waals surface area contributed by atoms with Crippen LogP contribution in [0.1, 0.15) is 16.7 Å². The molecule has 1 aliphatic carbocycles. The monoisotopic (exact) mass is 288 g/mol. The van der Waals surface area contributed by atoms with Gasteiger partial charge in [0.2, 0.25) is 0 Å². The van der Waals surface area contributed by atoms with Crippen LogP contribution < -0.4 is 9.47 Å². The average Bonchev–Trinajstić information content (AvgIpc) is 2.89. The molecule has 1 aliphatic rings. The van der Waals surface area contributed by atoms with E-state index in [1.165, 1.54) is 11.1 Å². The molecule has 0 atom stereocenters. The minimum atomic E-state index is 0.173. The minimum Gasteiger partial charge on any atom is -0.493 e. The first-order chi connectivity index (χ1) is 9.80. The van der Waals surface area contributed by atoms with Crippen molar-refractivity contribution >= 4 is 11.6 Å². The molecule has 2 aromatic carbocycles. The van der Waals surface area contributed by atoms with Gasteiger partial charge in [-0.05, 0) is 28.8 Å². The predicted octanol–water partition coefficient (Wildman–Crippen LogP) is 3.98. The van der Waals surface area contributed by atoms with Crippen LogP contribution in [0.25, 0.3) is 0 Å². The molecule has 0 fully saturated rings. The zero-order valence-corrected chi connectivity index (χ0v) is 12.2. The minimum absolute atomic E-state index is 0.173. The number of ether oxygens (including phenoxy) is 2. The van der Waals surface area contributed by atoms with E-state index in [1.54, 1.807) is 7.11 Å². The molecule has 104 valence electrons. The van der Waals surface area contributed by atoms with E-state index in [-0.39, 0.29) is 6.10 Å². The maximum Gasteiger partial charge on any atom is 0.161 e. The zero-order valence-electron chi connectivity index (χ0n) is 11.4. The van der Waals surface area contributed by atoms with E-state index in [1.807, 2.05) is 18.2 Å². The highest BCUT2D eigenvalue weighted by Gasteiger charge is 2.23. The quantitative estimate of drug-likeness (QED) is 0.792. The van der Waals surface area contributed by atoms with E-state index in [2.05, 4.69) is 24.3 Å². The summed E-state index contributed by atoms with van der Waals surface area (Å²) in [5.74, 6) is 2.02. The van der Waals surface area contributed by atoms with Crippen LogP contribution in [0.5, 0.6) is 11.5 Å². The number of hydrogen-bond acceptors (Lipinski definition) is 2. The molecule has 3 heteroatoms. The lowest BCUT2D eigenvalue weighted by atomic mass is 10.1. The molecule has 0 aromatic heterocycles. The molecule has 0 bridgehead atoms. The highest BCUT2D eigenvalue weighted by Crippen LogP contribution is 2.32. The normalized spacial score (nSPS) is 14.1. The van der Waals surface area contributed by atoms with Crippen LogP contribution in [0.15, 0.2) is 42.5 Å². The molecule has 2 aromatic rings. The Morgan fingerprint density at radius 3 is 2.35 bits per heavy atom. The van der Waals surface area contributed by atoms with Crippen LogP contribution in [-0.2, 0) is 18.7 Å².